The van der Waals surface area contributed by atoms with Gasteiger partial charge in [-0.2, -0.15) is 0 Å². The minimum Gasteiger partial charge on any atom is -0.466 e. The van der Waals surface area contributed by atoms with E-state index in [0.29, 0.717) is 13.0 Å². The minimum absolute atomic E-state index is 0.0229. The molecule has 0 spiro atoms. The summed E-state index contributed by atoms with van der Waals surface area (Å²) >= 11 is 0. The van der Waals surface area contributed by atoms with Crippen molar-refractivity contribution in [2.75, 3.05) is 6.61 Å². The summed E-state index contributed by atoms with van der Waals surface area (Å²) in [5.41, 5.74) is 0. The zero-order chi connectivity index (χ0) is 27.6. The smallest absolute Gasteiger partial charge is 0.305 e. The third-order valence-electron chi connectivity index (χ3n) is 7.90. The van der Waals surface area contributed by atoms with E-state index in [9.17, 15) is 4.79 Å². The molecule has 2 nitrogen and oxygen atoms in total. The molecule has 0 fully saturated rings. The van der Waals surface area contributed by atoms with E-state index in [1.807, 2.05) is 0 Å². The highest BCUT2D eigenvalue weighted by Crippen LogP contribution is 2.14. The number of unbranched alkanes of at least 4 members (excludes halogenated alkanes) is 26. The summed E-state index contributed by atoms with van der Waals surface area (Å²) < 4.78 is 5.43. The van der Waals surface area contributed by atoms with Gasteiger partial charge >= 0.3 is 5.97 Å². The summed E-state index contributed by atoms with van der Waals surface area (Å²) in [6, 6.07) is 0. The molecule has 226 valence electrons. The van der Waals surface area contributed by atoms with E-state index in [-0.39, 0.29) is 5.97 Å². The van der Waals surface area contributed by atoms with E-state index in [2.05, 4.69) is 26.0 Å². The fourth-order valence-electron chi connectivity index (χ4n) is 5.25. The average Bonchev–Trinajstić information content (AvgIpc) is 2.92. The van der Waals surface area contributed by atoms with Gasteiger partial charge in [-0.3, -0.25) is 4.79 Å². The summed E-state index contributed by atoms with van der Waals surface area (Å²) in [6.07, 6.45) is 44.1. The van der Waals surface area contributed by atoms with Gasteiger partial charge in [-0.25, -0.2) is 0 Å². The van der Waals surface area contributed by atoms with E-state index >= 15 is 0 Å². The van der Waals surface area contributed by atoms with Crippen molar-refractivity contribution in [3.05, 3.63) is 12.2 Å². The van der Waals surface area contributed by atoms with Gasteiger partial charge in [-0.15, -0.1) is 0 Å². The quantitative estimate of drug-likeness (QED) is 0.0487. The van der Waals surface area contributed by atoms with Gasteiger partial charge in [-0.05, 0) is 38.5 Å². The molecule has 0 heterocycles. The predicted molar refractivity (Wildman–Crippen MR) is 170 cm³/mol. The standard InChI is InChI=1S/C36H70O2/c1-3-5-7-9-11-13-15-17-19-21-23-25-27-29-31-33-35-38-36(37)34-32-30-28-26-24-22-20-18-16-14-12-10-8-6-4-2/h13,15H,3-12,14,16-35H2,1-2H3/b15-13+. The zero-order valence-corrected chi connectivity index (χ0v) is 26.4. The van der Waals surface area contributed by atoms with Crippen molar-refractivity contribution in [3.63, 3.8) is 0 Å². The number of esters is 1. The molecule has 0 N–H and O–H groups in total. The molecule has 38 heavy (non-hydrogen) atoms. The van der Waals surface area contributed by atoms with E-state index < -0.39 is 0 Å². The normalized spacial score (nSPS) is 11.5. The lowest BCUT2D eigenvalue weighted by atomic mass is 10.0. The molecule has 0 amide bonds. The Morgan fingerprint density at radius 3 is 1.16 bits per heavy atom. The largest absolute Gasteiger partial charge is 0.466 e. The molecule has 0 saturated carbocycles. The Labute approximate surface area is 240 Å². The molecule has 0 unspecified atom stereocenters. The lowest BCUT2D eigenvalue weighted by Gasteiger charge is -2.06. The van der Waals surface area contributed by atoms with Crippen molar-refractivity contribution in [3.8, 4) is 0 Å². The van der Waals surface area contributed by atoms with Crippen molar-refractivity contribution in [1.29, 1.82) is 0 Å². The Morgan fingerprint density at radius 2 is 0.737 bits per heavy atom. The highest BCUT2D eigenvalue weighted by Gasteiger charge is 2.02. The van der Waals surface area contributed by atoms with Crippen LogP contribution in [0.15, 0.2) is 12.2 Å². The summed E-state index contributed by atoms with van der Waals surface area (Å²) in [5.74, 6) is 0.0229. The van der Waals surface area contributed by atoms with Crippen LogP contribution in [0.3, 0.4) is 0 Å². The molecule has 0 aliphatic carbocycles. The number of hydrogen-bond acceptors (Lipinski definition) is 2. The van der Waals surface area contributed by atoms with Crippen LogP contribution >= 0.6 is 0 Å². The van der Waals surface area contributed by atoms with Gasteiger partial charge in [0.15, 0.2) is 0 Å². The molecular formula is C36H70O2. The SMILES string of the molecule is CCCCCC/C=C/CCCCCCCCCCOC(=O)CCCCCCCCCCCCCCCCC. The van der Waals surface area contributed by atoms with E-state index in [1.54, 1.807) is 0 Å². The summed E-state index contributed by atoms with van der Waals surface area (Å²) in [7, 11) is 0. The van der Waals surface area contributed by atoms with E-state index in [1.165, 1.54) is 173 Å². The molecule has 0 aliphatic rings. The van der Waals surface area contributed by atoms with Crippen LogP contribution in [0.4, 0.5) is 0 Å². The number of carbonyl (C=O) groups is 1. The molecule has 0 rings (SSSR count). The highest BCUT2D eigenvalue weighted by atomic mass is 16.5. The third kappa shape index (κ3) is 33.2. The second-order valence-electron chi connectivity index (χ2n) is 11.9. The fourth-order valence-corrected chi connectivity index (χ4v) is 5.25. The number of carbonyl (C=O) groups excluding carboxylic acids is 1. The molecule has 0 saturated heterocycles. The van der Waals surface area contributed by atoms with Crippen molar-refractivity contribution < 1.29 is 9.53 Å². The number of rotatable bonds is 32. The Morgan fingerprint density at radius 1 is 0.421 bits per heavy atom. The van der Waals surface area contributed by atoms with Crippen LogP contribution in [0.5, 0.6) is 0 Å². The average molecular weight is 535 g/mol. The summed E-state index contributed by atoms with van der Waals surface area (Å²) in [6.45, 7) is 5.19. The van der Waals surface area contributed by atoms with Gasteiger partial charge in [0.05, 0.1) is 6.61 Å². The van der Waals surface area contributed by atoms with Crippen LogP contribution in [0.2, 0.25) is 0 Å². The van der Waals surface area contributed by atoms with Crippen LogP contribution in [0.25, 0.3) is 0 Å². The first-order valence-corrected chi connectivity index (χ1v) is 17.6. The second kappa shape index (κ2) is 34.2. The zero-order valence-electron chi connectivity index (χ0n) is 26.4. The topological polar surface area (TPSA) is 26.3 Å². The first-order chi connectivity index (χ1) is 18.8. The van der Waals surface area contributed by atoms with Gasteiger partial charge in [0.2, 0.25) is 0 Å². The highest BCUT2D eigenvalue weighted by molar-refractivity contribution is 5.69. The Bertz CT molecular complexity index is 470. The maximum absolute atomic E-state index is 11.9. The Balaban J connectivity index is 3.17. The Hall–Kier alpha value is -0.790. The van der Waals surface area contributed by atoms with Crippen molar-refractivity contribution in [2.24, 2.45) is 0 Å². The predicted octanol–water partition coefficient (Wildman–Crippen LogP) is 12.8. The van der Waals surface area contributed by atoms with E-state index in [4.69, 9.17) is 4.74 Å². The maximum Gasteiger partial charge on any atom is 0.305 e. The molecule has 0 aromatic carbocycles. The molecule has 0 radical (unpaired) electrons. The van der Waals surface area contributed by atoms with Gasteiger partial charge in [0, 0.05) is 6.42 Å². The molecule has 0 aromatic heterocycles. The van der Waals surface area contributed by atoms with Gasteiger partial charge < -0.3 is 4.74 Å². The number of hydrogen-bond donors (Lipinski definition) is 0. The van der Waals surface area contributed by atoms with E-state index in [0.717, 1.165) is 12.8 Å². The monoisotopic (exact) mass is 535 g/mol. The van der Waals surface area contributed by atoms with Crippen LogP contribution in [-0.4, -0.2) is 12.6 Å². The van der Waals surface area contributed by atoms with Crippen LogP contribution in [-0.2, 0) is 9.53 Å². The van der Waals surface area contributed by atoms with Crippen molar-refractivity contribution >= 4 is 5.97 Å². The first-order valence-electron chi connectivity index (χ1n) is 17.6. The number of ether oxygens (including phenoxy) is 1. The lowest BCUT2D eigenvalue weighted by molar-refractivity contribution is -0.143. The molecular weight excluding hydrogens is 464 g/mol. The Kier molecular flexibility index (Phi) is 33.5. The first kappa shape index (κ1) is 37.2. The number of allylic oxidation sites excluding steroid dienone is 2. The van der Waals surface area contributed by atoms with Crippen LogP contribution in [0, 0.1) is 0 Å². The van der Waals surface area contributed by atoms with Crippen molar-refractivity contribution in [2.45, 2.75) is 206 Å². The van der Waals surface area contributed by atoms with Crippen molar-refractivity contribution in [1.82, 2.24) is 0 Å². The molecule has 0 bridgehead atoms. The van der Waals surface area contributed by atoms with Crippen LogP contribution < -0.4 is 0 Å². The van der Waals surface area contributed by atoms with Crippen LogP contribution in [0.1, 0.15) is 206 Å². The second-order valence-corrected chi connectivity index (χ2v) is 11.9. The van der Waals surface area contributed by atoms with Gasteiger partial charge in [0.25, 0.3) is 0 Å². The molecule has 0 aliphatic heterocycles. The molecule has 2 heteroatoms. The fraction of sp³-hybridized carbons (Fsp3) is 0.917. The molecule has 0 aromatic rings. The summed E-state index contributed by atoms with van der Waals surface area (Å²) in [4.78, 5) is 11.9. The third-order valence-corrected chi connectivity index (χ3v) is 7.90. The maximum atomic E-state index is 11.9. The summed E-state index contributed by atoms with van der Waals surface area (Å²) in [5, 5.41) is 0. The molecule has 0 atom stereocenters. The lowest BCUT2D eigenvalue weighted by Crippen LogP contribution is -2.05. The van der Waals surface area contributed by atoms with Gasteiger partial charge in [0.1, 0.15) is 0 Å². The van der Waals surface area contributed by atoms with Gasteiger partial charge in [-0.1, -0.05) is 174 Å². The minimum atomic E-state index is 0.0229.